The maximum atomic E-state index is 8.14. The van der Waals surface area contributed by atoms with Crippen LogP contribution < -0.4 is 18.9 Å². The molecule has 0 saturated carbocycles. The predicted molar refractivity (Wildman–Crippen MR) is 39.8 cm³/mol. The zero-order valence-corrected chi connectivity index (χ0v) is 6.41. The molecule has 0 unspecified atom stereocenters. The van der Waals surface area contributed by atoms with Gasteiger partial charge in [0.05, 0.1) is 0 Å². The normalized spacial score (nSPS) is 8.64. The first kappa shape index (κ1) is 10.0. The maximum Gasteiger partial charge on any atom is 1.00 e. The zero-order valence-electron chi connectivity index (χ0n) is 6.41. The Morgan fingerprint density at radius 1 is 1.27 bits per heavy atom. The minimum absolute atomic E-state index is 0. The van der Waals surface area contributed by atoms with Gasteiger partial charge in [-0.05, 0) is 6.07 Å². The Labute approximate surface area is 78.5 Å². The third-order valence-electron chi connectivity index (χ3n) is 1.10. The minimum atomic E-state index is 0. The van der Waals surface area contributed by atoms with E-state index in [1.165, 1.54) is 0 Å². The third-order valence-corrected chi connectivity index (χ3v) is 1.10. The molecule has 48 valence electrons. The molecule has 0 heterocycles. The molecule has 0 aliphatic rings. The average Bonchev–Trinajstić information content (AvgIpc) is 2.03. The van der Waals surface area contributed by atoms with Gasteiger partial charge in [0.2, 0.25) is 0 Å². The van der Waals surface area contributed by atoms with Gasteiger partial charge in [0.1, 0.15) is 0 Å². The first-order valence-electron chi connectivity index (χ1n) is 2.96. The van der Waals surface area contributed by atoms with Crippen LogP contribution in [0.2, 0.25) is 0 Å². The van der Waals surface area contributed by atoms with Gasteiger partial charge < -0.3 is 0 Å². The summed E-state index contributed by atoms with van der Waals surface area (Å²) in [5, 5.41) is 8.14. The standard InChI is InChI=1S/C9H6N.Li/c10-8-4-7-9-5-2-1-3-6-9;/h1-3,5-7H;/q-1;+1. The van der Waals surface area contributed by atoms with Gasteiger partial charge in [-0.2, -0.15) is 11.6 Å². The molecule has 11 heavy (non-hydrogen) atoms. The second kappa shape index (κ2) is 5.80. The minimum Gasteiger partial charge on any atom is -0.217 e. The molecule has 0 aromatic heterocycles. The first-order valence-corrected chi connectivity index (χ1v) is 2.96. The van der Waals surface area contributed by atoms with Crippen molar-refractivity contribution in [3.05, 3.63) is 42.0 Å². The summed E-state index contributed by atoms with van der Waals surface area (Å²) in [6, 6.07) is 11.4. The van der Waals surface area contributed by atoms with Crippen LogP contribution in [0.15, 0.2) is 30.3 Å². The summed E-state index contributed by atoms with van der Waals surface area (Å²) in [5.74, 6) is 0. The van der Waals surface area contributed by atoms with Gasteiger partial charge in [0, 0.05) is 0 Å². The van der Waals surface area contributed by atoms with Crippen LogP contribution in [-0.2, 0) is 0 Å². The summed E-state index contributed by atoms with van der Waals surface area (Å²) >= 11 is 0. The van der Waals surface area contributed by atoms with Crippen LogP contribution in [0, 0.1) is 17.4 Å². The van der Waals surface area contributed by atoms with Crippen molar-refractivity contribution in [2.75, 3.05) is 0 Å². The number of rotatable bonds is 1. The van der Waals surface area contributed by atoms with E-state index in [2.05, 4.69) is 6.08 Å². The van der Waals surface area contributed by atoms with E-state index in [4.69, 9.17) is 5.26 Å². The first-order chi connectivity index (χ1) is 4.93. The molecule has 0 N–H and O–H groups in total. The topological polar surface area (TPSA) is 23.8 Å². The Balaban J connectivity index is 0.000001000. The molecule has 1 nitrogen and oxygen atoms in total. The van der Waals surface area contributed by atoms with Crippen molar-refractivity contribution in [1.29, 1.82) is 5.26 Å². The fourth-order valence-corrected chi connectivity index (χ4v) is 0.665. The number of hydrogen-bond donors (Lipinski definition) is 0. The molecule has 0 amide bonds. The van der Waals surface area contributed by atoms with Crippen LogP contribution in [0.1, 0.15) is 5.56 Å². The van der Waals surface area contributed by atoms with E-state index in [9.17, 15) is 0 Å². The van der Waals surface area contributed by atoms with E-state index in [0.29, 0.717) is 0 Å². The van der Waals surface area contributed by atoms with Crippen molar-refractivity contribution in [2.24, 2.45) is 0 Å². The number of nitrogens with zero attached hydrogens (tertiary/aromatic N) is 1. The van der Waals surface area contributed by atoms with Crippen LogP contribution in [0.3, 0.4) is 0 Å². The molecule has 0 fully saturated rings. The second-order valence-electron chi connectivity index (χ2n) is 1.81. The molecule has 0 spiro atoms. The molecular weight excluding hydrogens is 129 g/mol. The van der Waals surface area contributed by atoms with Crippen molar-refractivity contribution >= 4 is 6.08 Å². The van der Waals surface area contributed by atoms with Crippen molar-refractivity contribution < 1.29 is 18.9 Å². The number of nitriles is 1. The molecule has 0 atom stereocenters. The fourth-order valence-electron chi connectivity index (χ4n) is 0.665. The summed E-state index contributed by atoms with van der Waals surface area (Å²) < 4.78 is 0. The monoisotopic (exact) mass is 135 g/mol. The van der Waals surface area contributed by atoms with Crippen LogP contribution in [0.4, 0.5) is 0 Å². The molecule has 1 rings (SSSR count). The second-order valence-corrected chi connectivity index (χ2v) is 1.81. The Morgan fingerprint density at radius 3 is 2.45 bits per heavy atom. The summed E-state index contributed by atoms with van der Waals surface area (Å²) in [7, 11) is 0. The predicted octanol–water partition coefficient (Wildman–Crippen LogP) is -0.969. The molecule has 1 aromatic carbocycles. The van der Waals surface area contributed by atoms with E-state index in [0.717, 1.165) is 5.56 Å². The van der Waals surface area contributed by atoms with Crippen LogP contribution >= 0.6 is 0 Å². The van der Waals surface area contributed by atoms with E-state index in [1.807, 2.05) is 36.4 Å². The van der Waals surface area contributed by atoms with Crippen molar-refractivity contribution in [3.63, 3.8) is 0 Å². The number of hydrogen-bond acceptors (Lipinski definition) is 1. The average molecular weight is 135 g/mol. The van der Waals surface area contributed by atoms with Gasteiger partial charge in [-0.25, -0.2) is 11.3 Å². The van der Waals surface area contributed by atoms with E-state index >= 15 is 0 Å². The molecule has 2 heteroatoms. The molecule has 0 bridgehead atoms. The molecule has 0 aliphatic heterocycles. The van der Waals surface area contributed by atoms with E-state index in [-0.39, 0.29) is 18.9 Å². The third kappa shape index (κ3) is 3.68. The van der Waals surface area contributed by atoms with Gasteiger partial charge in [-0.1, -0.05) is 18.2 Å². The Kier molecular flexibility index (Phi) is 5.30. The van der Waals surface area contributed by atoms with Crippen LogP contribution in [-0.4, -0.2) is 0 Å². The van der Waals surface area contributed by atoms with Crippen LogP contribution in [0.25, 0.3) is 6.08 Å². The smallest absolute Gasteiger partial charge is 0.217 e. The molecule has 0 aliphatic carbocycles. The molecular formula is C9H6LiN. The zero-order chi connectivity index (χ0) is 7.23. The SMILES string of the molecule is N#C[C-]=Cc1ccccc1.[Li+]. The fraction of sp³-hybridized carbons (Fsp3) is 0. The summed E-state index contributed by atoms with van der Waals surface area (Å²) in [5.41, 5.74) is 1.00. The largest absolute Gasteiger partial charge is 1.00 e. The van der Waals surface area contributed by atoms with Crippen molar-refractivity contribution in [1.82, 2.24) is 0 Å². The number of benzene rings is 1. The Hall–Kier alpha value is -0.953. The quantitative estimate of drug-likeness (QED) is 0.276. The van der Waals surface area contributed by atoms with Crippen molar-refractivity contribution in [3.8, 4) is 6.07 Å². The van der Waals surface area contributed by atoms with E-state index in [1.54, 1.807) is 6.08 Å². The summed E-state index contributed by atoms with van der Waals surface area (Å²) in [6.07, 6.45) is 4.10. The van der Waals surface area contributed by atoms with Crippen molar-refractivity contribution in [2.45, 2.75) is 0 Å². The molecule has 1 aromatic rings. The molecule has 0 saturated heterocycles. The summed E-state index contributed by atoms with van der Waals surface area (Å²) in [6.45, 7) is 0. The van der Waals surface area contributed by atoms with Gasteiger partial charge in [0.15, 0.2) is 0 Å². The van der Waals surface area contributed by atoms with Gasteiger partial charge >= 0.3 is 18.9 Å². The Morgan fingerprint density at radius 2 is 1.91 bits per heavy atom. The maximum absolute atomic E-state index is 8.14. The summed E-state index contributed by atoms with van der Waals surface area (Å²) in [4.78, 5) is 0. The number of allylic oxidation sites excluding steroid dienone is 1. The molecule has 0 radical (unpaired) electrons. The van der Waals surface area contributed by atoms with Gasteiger partial charge in [0.25, 0.3) is 0 Å². The van der Waals surface area contributed by atoms with Crippen LogP contribution in [0.5, 0.6) is 0 Å². The van der Waals surface area contributed by atoms with E-state index < -0.39 is 0 Å². The van der Waals surface area contributed by atoms with Gasteiger partial charge in [-0.15, -0.1) is 12.1 Å². The Bertz CT molecular complexity index is 259. The van der Waals surface area contributed by atoms with Gasteiger partial charge in [-0.3, -0.25) is 0 Å².